The first kappa shape index (κ1) is 22.7. The van der Waals surface area contributed by atoms with Gasteiger partial charge in [0.25, 0.3) is 0 Å². The van der Waals surface area contributed by atoms with Gasteiger partial charge in [-0.05, 0) is 19.9 Å². The fourth-order valence-electron chi connectivity index (χ4n) is 2.96. The van der Waals surface area contributed by atoms with Crippen LogP contribution in [-0.4, -0.2) is 49.7 Å². The number of nitrogens with zero attached hydrogens (tertiary/aromatic N) is 5. The van der Waals surface area contributed by atoms with Crippen molar-refractivity contribution in [3.8, 4) is 17.1 Å². The number of rotatable bonds is 8. The maximum atomic E-state index is 12.5. The Bertz CT molecular complexity index is 1130. The lowest BCUT2D eigenvalue weighted by molar-refractivity contribution is 0.0988. The molecule has 0 fully saturated rings. The van der Waals surface area contributed by atoms with Gasteiger partial charge in [-0.1, -0.05) is 6.92 Å². The molecule has 0 aliphatic heterocycles. The van der Waals surface area contributed by atoms with Crippen molar-refractivity contribution in [2.45, 2.75) is 33.2 Å². The summed E-state index contributed by atoms with van der Waals surface area (Å²) in [5, 5.41) is 12.9. The molecule has 0 saturated carbocycles. The minimum absolute atomic E-state index is 0.0371. The highest BCUT2D eigenvalue weighted by Crippen LogP contribution is 2.35. The fourth-order valence-corrected chi connectivity index (χ4v) is 2.96. The normalized spacial score (nSPS) is 10.7. The summed E-state index contributed by atoms with van der Waals surface area (Å²) >= 11 is 0. The summed E-state index contributed by atoms with van der Waals surface area (Å²) in [4.78, 5) is 37.4. The zero-order valence-electron chi connectivity index (χ0n) is 18.6. The van der Waals surface area contributed by atoms with E-state index >= 15 is 0 Å². The van der Waals surface area contributed by atoms with Crippen LogP contribution >= 0.6 is 0 Å². The van der Waals surface area contributed by atoms with Crippen molar-refractivity contribution < 1.29 is 14.3 Å². The molecule has 3 aromatic heterocycles. The van der Waals surface area contributed by atoms with Crippen LogP contribution in [0.25, 0.3) is 11.4 Å². The number of hydrogen-bond donors (Lipinski definition) is 3. The number of pyridine rings is 2. The minimum Gasteiger partial charge on any atom is -0.492 e. The third-order valence-electron chi connectivity index (χ3n) is 4.39. The maximum absolute atomic E-state index is 12.5. The number of Topliss-reactive ketones (excluding diaryl/α,β-unsaturated/α-hetero) is 1. The highest BCUT2D eigenvalue weighted by atomic mass is 16.5. The van der Waals surface area contributed by atoms with Crippen molar-refractivity contribution in [3.63, 3.8) is 0 Å². The van der Waals surface area contributed by atoms with Gasteiger partial charge in [0.2, 0.25) is 0 Å². The van der Waals surface area contributed by atoms with E-state index in [4.69, 9.17) is 4.74 Å². The molecule has 0 radical (unpaired) electrons. The molecule has 0 spiro atoms. The Labute approximate surface area is 185 Å². The lowest BCUT2D eigenvalue weighted by atomic mass is 10.1. The van der Waals surface area contributed by atoms with Gasteiger partial charge in [0.05, 0.1) is 23.9 Å². The van der Waals surface area contributed by atoms with E-state index < -0.39 is 6.03 Å². The molecule has 3 rings (SSSR count). The smallest absolute Gasteiger partial charge is 0.320 e. The molecular weight excluding hydrogens is 412 g/mol. The summed E-state index contributed by atoms with van der Waals surface area (Å²) in [5.41, 5.74) is 1.44. The van der Waals surface area contributed by atoms with E-state index in [1.54, 1.807) is 43.3 Å². The number of aryl methyl sites for hydroxylation is 1. The van der Waals surface area contributed by atoms with Crippen LogP contribution in [0, 0.1) is 0 Å². The summed E-state index contributed by atoms with van der Waals surface area (Å²) in [6, 6.07) is 2.89. The number of ether oxygens (including phenoxy) is 1. The van der Waals surface area contributed by atoms with Crippen molar-refractivity contribution in [2.75, 3.05) is 17.7 Å². The van der Waals surface area contributed by atoms with Gasteiger partial charge in [0, 0.05) is 38.0 Å². The highest BCUT2D eigenvalue weighted by molar-refractivity contribution is 6.02. The highest BCUT2D eigenvalue weighted by Gasteiger charge is 2.19. The number of amides is 2. The van der Waals surface area contributed by atoms with E-state index in [9.17, 15) is 9.59 Å². The van der Waals surface area contributed by atoms with Crippen LogP contribution in [0.4, 0.5) is 22.1 Å². The fraction of sp³-hybridized carbons (Fsp3) is 0.333. The molecule has 0 bridgehead atoms. The summed E-state index contributed by atoms with van der Waals surface area (Å²) < 4.78 is 7.17. The zero-order valence-corrected chi connectivity index (χ0v) is 18.6. The first-order valence-electron chi connectivity index (χ1n) is 10.1. The van der Waals surface area contributed by atoms with E-state index in [0.29, 0.717) is 40.6 Å². The van der Waals surface area contributed by atoms with E-state index in [1.165, 1.54) is 13.3 Å². The van der Waals surface area contributed by atoms with Crippen LogP contribution in [0.5, 0.6) is 5.75 Å². The van der Waals surface area contributed by atoms with Crippen LogP contribution in [0.15, 0.2) is 30.9 Å². The van der Waals surface area contributed by atoms with Gasteiger partial charge in [0.15, 0.2) is 23.2 Å². The summed E-state index contributed by atoms with van der Waals surface area (Å²) in [5.74, 6) is 1.42. The number of ketones is 1. The number of anilines is 3. The Kier molecular flexibility index (Phi) is 6.98. The second kappa shape index (κ2) is 9.86. The molecule has 2 amide bonds. The average Bonchev–Trinajstić information content (AvgIpc) is 3.18. The van der Waals surface area contributed by atoms with E-state index in [0.717, 1.165) is 0 Å². The van der Waals surface area contributed by atoms with Crippen molar-refractivity contribution >= 4 is 29.1 Å². The third kappa shape index (κ3) is 5.17. The van der Waals surface area contributed by atoms with Crippen molar-refractivity contribution in [1.82, 2.24) is 30.0 Å². The van der Waals surface area contributed by atoms with E-state index in [-0.39, 0.29) is 17.6 Å². The molecule has 0 aliphatic rings. The summed E-state index contributed by atoms with van der Waals surface area (Å²) in [6.07, 6.45) is 4.90. The Morgan fingerprint density at radius 2 is 2.00 bits per heavy atom. The Balaban J connectivity index is 2.00. The number of aromatic nitrogens is 5. The first-order valence-corrected chi connectivity index (χ1v) is 10.1. The molecule has 0 unspecified atom stereocenters. The number of nitrogens with one attached hydrogen (secondary N) is 3. The largest absolute Gasteiger partial charge is 0.492 e. The van der Waals surface area contributed by atoms with Crippen LogP contribution in [-0.2, 0) is 7.05 Å². The quantitative estimate of drug-likeness (QED) is 0.456. The standard InChI is InChI=1S/C21H26N8O3/c1-6-16(30)14-10-23-17(27-21(31)25-12(2)3)9-15(14)26-20-18(32-5)13(7-8-22-20)19-24-11-29(4)28-19/h7-12H,6H2,1-5H3,(H3,22,23,25,26,27,31). The van der Waals surface area contributed by atoms with E-state index in [2.05, 4.69) is 36.0 Å². The Morgan fingerprint density at radius 1 is 1.22 bits per heavy atom. The Hall–Kier alpha value is -4.02. The van der Waals surface area contributed by atoms with Gasteiger partial charge in [0.1, 0.15) is 12.1 Å². The van der Waals surface area contributed by atoms with Gasteiger partial charge in [-0.2, -0.15) is 5.10 Å². The maximum Gasteiger partial charge on any atom is 0.320 e. The molecule has 168 valence electrons. The molecule has 32 heavy (non-hydrogen) atoms. The lowest BCUT2D eigenvalue weighted by Crippen LogP contribution is -2.34. The molecule has 11 heteroatoms. The number of carbonyl (C=O) groups is 2. The van der Waals surface area contributed by atoms with Crippen molar-refractivity contribution in [3.05, 3.63) is 36.4 Å². The van der Waals surface area contributed by atoms with Crippen molar-refractivity contribution in [2.24, 2.45) is 7.05 Å². The van der Waals surface area contributed by atoms with E-state index in [1.807, 2.05) is 13.8 Å². The Morgan fingerprint density at radius 3 is 2.62 bits per heavy atom. The average molecular weight is 438 g/mol. The second-order valence-corrected chi connectivity index (χ2v) is 7.25. The second-order valence-electron chi connectivity index (χ2n) is 7.25. The molecule has 11 nitrogen and oxygen atoms in total. The molecule has 0 aliphatic carbocycles. The van der Waals surface area contributed by atoms with Crippen molar-refractivity contribution in [1.29, 1.82) is 0 Å². The molecule has 0 saturated heterocycles. The van der Waals surface area contributed by atoms with Gasteiger partial charge in [-0.15, -0.1) is 0 Å². The lowest BCUT2D eigenvalue weighted by Gasteiger charge is -2.16. The predicted octanol–water partition coefficient (Wildman–Crippen LogP) is 3.15. The first-order chi connectivity index (χ1) is 15.3. The summed E-state index contributed by atoms with van der Waals surface area (Å²) in [7, 11) is 3.29. The number of methoxy groups -OCH3 is 1. The molecule has 3 N–H and O–H groups in total. The van der Waals surface area contributed by atoms with Gasteiger partial charge in [-0.3, -0.25) is 14.8 Å². The van der Waals surface area contributed by atoms with Gasteiger partial charge in [-0.25, -0.2) is 19.7 Å². The van der Waals surface area contributed by atoms with Gasteiger partial charge < -0.3 is 15.4 Å². The topological polar surface area (TPSA) is 136 Å². The zero-order chi connectivity index (χ0) is 23.3. The minimum atomic E-state index is -0.396. The number of carbonyl (C=O) groups excluding carboxylic acids is 2. The third-order valence-corrected chi connectivity index (χ3v) is 4.39. The number of hydrogen-bond acceptors (Lipinski definition) is 8. The molecule has 0 atom stereocenters. The van der Waals surface area contributed by atoms with Gasteiger partial charge >= 0.3 is 6.03 Å². The molecular formula is C21H26N8O3. The molecule has 0 aromatic carbocycles. The summed E-state index contributed by atoms with van der Waals surface area (Å²) in [6.45, 7) is 5.47. The monoisotopic (exact) mass is 438 g/mol. The predicted molar refractivity (Wildman–Crippen MR) is 120 cm³/mol. The van der Waals surface area contributed by atoms with Crippen LogP contribution in [0.2, 0.25) is 0 Å². The molecule has 3 heterocycles. The van der Waals surface area contributed by atoms with Crippen LogP contribution < -0.4 is 20.7 Å². The SMILES string of the molecule is CCC(=O)c1cnc(NC(=O)NC(C)C)cc1Nc1nccc(-c2ncn(C)n2)c1OC. The number of urea groups is 1. The van der Waals surface area contributed by atoms with Crippen LogP contribution in [0.1, 0.15) is 37.6 Å². The van der Waals surface area contributed by atoms with Crippen LogP contribution in [0.3, 0.4) is 0 Å². The molecule has 3 aromatic rings.